The third-order valence-electron chi connectivity index (χ3n) is 4.56. The van der Waals surface area contributed by atoms with Crippen LogP contribution in [0.4, 0.5) is 5.69 Å². The zero-order valence-corrected chi connectivity index (χ0v) is 17.5. The van der Waals surface area contributed by atoms with Crippen molar-refractivity contribution in [3.8, 4) is 11.4 Å². The van der Waals surface area contributed by atoms with Crippen LogP contribution in [0.5, 0.6) is 0 Å². The molecule has 1 amide bonds. The molecule has 2 heterocycles. The van der Waals surface area contributed by atoms with Gasteiger partial charge in [0.2, 0.25) is 5.91 Å². The Hall–Kier alpha value is -3.46. The Balaban J connectivity index is 1.38. The molecule has 0 aliphatic carbocycles. The van der Waals surface area contributed by atoms with Crippen molar-refractivity contribution >= 4 is 23.4 Å². The van der Waals surface area contributed by atoms with Gasteiger partial charge in [0, 0.05) is 0 Å². The minimum Gasteiger partial charge on any atom is -0.322 e. The molecule has 0 aliphatic heterocycles. The van der Waals surface area contributed by atoms with Crippen LogP contribution in [0.15, 0.2) is 60.7 Å². The van der Waals surface area contributed by atoms with E-state index in [1.807, 2.05) is 79.2 Å². The second kappa shape index (κ2) is 8.91. The van der Waals surface area contributed by atoms with Gasteiger partial charge in [-0.2, -0.15) is 9.78 Å². The van der Waals surface area contributed by atoms with Crippen LogP contribution >= 0.6 is 11.8 Å². The second-order valence-corrected chi connectivity index (χ2v) is 7.66. The van der Waals surface area contributed by atoms with Gasteiger partial charge in [-0.05, 0) is 48.5 Å². The minimum atomic E-state index is -0.0856. The molecule has 0 bridgehead atoms. The van der Waals surface area contributed by atoms with E-state index in [1.54, 1.807) is 4.68 Å². The van der Waals surface area contributed by atoms with Gasteiger partial charge in [-0.15, -0.1) is 16.9 Å². The number of nitrogens with one attached hydrogen (secondary N) is 1. The standard InChI is InChI=1S/C21H21N7OS/c1-15-21(16(2)27(24-15)17-9-5-3-6-10-17)22-20(29)14-30-13-19-23-25-26-28(19)18-11-7-4-8-12-18/h3-12H,13-14H2,1-2H3,(H,22,29). The van der Waals surface area contributed by atoms with Crippen molar-refractivity contribution in [2.45, 2.75) is 19.6 Å². The Morgan fingerprint density at radius 2 is 1.60 bits per heavy atom. The number of carbonyl (C=O) groups excluding carboxylic acids is 1. The fourth-order valence-corrected chi connectivity index (χ4v) is 3.84. The summed E-state index contributed by atoms with van der Waals surface area (Å²) in [5.41, 5.74) is 4.27. The molecule has 0 saturated carbocycles. The Morgan fingerprint density at radius 1 is 0.967 bits per heavy atom. The number of hydrogen-bond acceptors (Lipinski definition) is 6. The van der Waals surface area contributed by atoms with E-state index >= 15 is 0 Å². The summed E-state index contributed by atoms with van der Waals surface area (Å²) >= 11 is 1.46. The number of hydrogen-bond donors (Lipinski definition) is 1. The molecule has 9 heteroatoms. The van der Waals surface area contributed by atoms with Crippen molar-refractivity contribution in [2.24, 2.45) is 0 Å². The fraction of sp³-hybridized carbons (Fsp3) is 0.190. The Kier molecular flexibility index (Phi) is 5.89. The highest BCUT2D eigenvalue weighted by Crippen LogP contribution is 2.23. The maximum atomic E-state index is 12.5. The van der Waals surface area contributed by atoms with Crippen LogP contribution in [0.2, 0.25) is 0 Å². The van der Waals surface area contributed by atoms with Crippen molar-refractivity contribution in [3.63, 3.8) is 0 Å². The lowest BCUT2D eigenvalue weighted by Gasteiger charge is -2.07. The summed E-state index contributed by atoms with van der Waals surface area (Å²) in [5, 5.41) is 19.4. The smallest absolute Gasteiger partial charge is 0.234 e. The molecule has 1 N–H and O–H groups in total. The van der Waals surface area contributed by atoms with Crippen molar-refractivity contribution in [3.05, 3.63) is 77.9 Å². The average molecular weight is 420 g/mol. The van der Waals surface area contributed by atoms with Gasteiger partial charge in [-0.3, -0.25) is 4.79 Å². The first-order valence-corrected chi connectivity index (χ1v) is 10.6. The maximum Gasteiger partial charge on any atom is 0.234 e. The minimum absolute atomic E-state index is 0.0856. The van der Waals surface area contributed by atoms with E-state index in [0.29, 0.717) is 11.6 Å². The van der Waals surface area contributed by atoms with E-state index in [-0.39, 0.29) is 11.7 Å². The summed E-state index contributed by atoms with van der Waals surface area (Å²) in [6.07, 6.45) is 0. The first kappa shape index (κ1) is 19.8. The summed E-state index contributed by atoms with van der Waals surface area (Å²) in [5.74, 6) is 1.42. The molecule has 0 fully saturated rings. The normalized spacial score (nSPS) is 10.9. The SMILES string of the molecule is Cc1nn(-c2ccccc2)c(C)c1NC(=O)CSCc1nnnn1-c1ccccc1. The van der Waals surface area contributed by atoms with Gasteiger partial charge in [0.15, 0.2) is 5.82 Å². The largest absolute Gasteiger partial charge is 0.322 e. The first-order chi connectivity index (χ1) is 14.6. The van der Waals surface area contributed by atoms with Crippen LogP contribution in [0, 0.1) is 13.8 Å². The van der Waals surface area contributed by atoms with Crippen molar-refractivity contribution in [1.29, 1.82) is 0 Å². The van der Waals surface area contributed by atoms with Gasteiger partial charge < -0.3 is 5.32 Å². The van der Waals surface area contributed by atoms with E-state index in [0.717, 1.165) is 28.5 Å². The lowest BCUT2D eigenvalue weighted by molar-refractivity contribution is -0.113. The molecular formula is C21H21N7OS. The Bertz CT molecular complexity index is 1140. The number of aromatic nitrogens is 6. The molecule has 4 aromatic rings. The van der Waals surface area contributed by atoms with E-state index in [1.165, 1.54) is 11.8 Å². The number of anilines is 1. The number of amides is 1. The third-order valence-corrected chi connectivity index (χ3v) is 5.48. The highest BCUT2D eigenvalue weighted by molar-refractivity contribution is 7.99. The third kappa shape index (κ3) is 4.25. The van der Waals surface area contributed by atoms with E-state index in [4.69, 9.17) is 0 Å². The molecule has 0 aliphatic rings. The van der Waals surface area contributed by atoms with Gasteiger partial charge in [0.1, 0.15) is 0 Å². The predicted molar refractivity (Wildman–Crippen MR) is 117 cm³/mol. The number of aryl methyl sites for hydroxylation is 1. The van der Waals surface area contributed by atoms with Crippen molar-refractivity contribution in [1.82, 2.24) is 30.0 Å². The quantitative estimate of drug-likeness (QED) is 0.494. The summed E-state index contributed by atoms with van der Waals surface area (Å²) in [6, 6.07) is 19.5. The average Bonchev–Trinajstić information content (AvgIpc) is 3.35. The molecule has 2 aromatic heterocycles. The van der Waals surface area contributed by atoms with E-state index in [9.17, 15) is 4.79 Å². The van der Waals surface area contributed by atoms with Gasteiger partial charge in [0.05, 0.1) is 40.0 Å². The number of thioether (sulfide) groups is 1. The van der Waals surface area contributed by atoms with Crippen LogP contribution in [-0.4, -0.2) is 41.6 Å². The van der Waals surface area contributed by atoms with Crippen molar-refractivity contribution < 1.29 is 4.79 Å². The topological polar surface area (TPSA) is 90.5 Å². The van der Waals surface area contributed by atoms with Crippen LogP contribution < -0.4 is 5.32 Å². The summed E-state index contributed by atoms with van der Waals surface area (Å²) in [7, 11) is 0. The fourth-order valence-electron chi connectivity index (χ4n) is 3.12. The van der Waals surface area contributed by atoms with Gasteiger partial charge >= 0.3 is 0 Å². The summed E-state index contributed by atoms with van der Waals surface area (Å²) < 4.78 is 3.52. The molecule has 0 spiro atoms. The Labute approximate surface area is 178 Å². The van der Waals surface area contributed by atoms with Crippen LogP contribution in [0.25, 0.3) is 11.4 Å². The Morgan fingerprint density at radius 3 is 2.27 bits per heavy atom. The van der Waals surface area contributed by atoms with Crippen LogP contribution in [0.1, 0.15) is 17.2 Å². The molecule has 4 rings (SSSR count). The lowest BCUT2D eigenvalue weighted by Crippen LogP contribution is -2.15. The molecule has 8 nitrogen and oxygen atoms in total. The second-order valence-electron chi connectivity index (χ2n) is 6.68. The van der Waals surface area contributed by atoms with E-state index in [2.05, 4.69) is 25.9 Å². The zero-order valence-electron chi connectivity index (χ0n) is 16.7. The number of nitrogens with zero attached hydrogens (tertiary/aromatic N) is 6. The van der Waals surface area contributed by atoms with Crippen LogP contribution in [-0.2, 0) is 10.5 Å². The molecule has 0 unspecified atom stereocenters. The monoisotopic (exact) mass is 419 g/mol. The number of benzene rings is 2. The van der Waals surface area contributed by atoms with Crippen molar-refractivity contribution in [2.75, 3.05) is 11.1 Å². The molecule has 0 radical (unpaired) electrons. The zero-order chi connectivity index (χ0) is 20.9. The molecule has 30 heavy (non-hydrogen) atoms. The van der Waals surface area contributed by atoms with Gasteiger partial charge in [-0.25, -0.2) is 4.68 Å². The lowest BCUT2D eigenvalue weighted by atomic mass is 10.3. The van der Waals surface area contributed by atoms with E-state index < -0.39 is 0 Å². The predicted octanol–water partition coefficient (Wildman–Crippen LogP) is 3.34. The number of carbonyl (C=O) groups is 1. The summed E-state index contributed by atoms with van der Waals surface area (Å²) in [4.78, 5) is 12.5. The maximum absolute atomic E-state index is 12.5. The highest BCUT2D eigenvalue weighted by Gasteiger charge is 2.16. The molecule has 0 atom stereocenters. The van der Waals surface area contributed by atoms with Gasteiger partial charge in [0.25, 0.3) is 0 Å². The highest BCUT2D eigenvalue weighted by atomic mass is 32.2. The molecule has 152 valence electrons. The van der Waals surface area contributed by atoms with Crippen LogP contribution in [0.3, 0.4) is 0 Å². The molecule has 0 saturated heterocycles. The number of tetrazole rings is 1. The first-order valence-electron chi connectivity index (χ1n) is 9.45. The molecule has 2 aromatic carbocycles. The van der Waals surface area contributed by atoms with Gasteiger partial charge in [-0.1, -0.05) is 36.4 Å². The number of para-hydroxylation sites is 2. The molecular weight excluding hydrogens is 398 g/mol. The summed E-state index contributed by atoms with van der Waals surface area (Å²) in [6.45, 7) is 3.84. The number of rotatable bonds is 7.